The Kier molecular flexibility index (Phi) is 3.79. The van der Waals surface area contributed by atoms with E-state index in [1.807, 2.05) is 36.4 Å². The van der Waals surface area contributed by atoms with Gasteiger partial charge in [0.15, 0.2) is 0 Å². The first-order chi connectivity index (χ1) is 7.36. The topological polar surface area (TPSA) is 0 Å². The molecule has 0 unspecified atom stereocenters. The second kappa shape index (κ2) is 5.31. The van der Waals surface area contributed by atoms with Gasteiger partial charge in [-0.1, -0.05) is 0 Å². The molecular weight excluding hydrogens is 243 g/mol. The summed E-state index contributed by atoms with van der Waals surface area (Å²) in [7, 11) is 0. The van der Waals surface area contributed by atoms with E-state index in [1.165, 1.54) is 10.5 Å². The predicted octanol–water partition coefficient (Wildman–Crippen LogP) is 3.50. The summed E-state index contributed by atoms with van der Waals surface area (Å²) in [5, 5.41) is 0. The summed E-state index contributed by atoms with van der Waals surface area (Å²) in [6.07, 6.45) is 0. The molecule has 0 saturated carbocycles. The molecule has 0 atom stereocenters. The fourth-order valence-electron chi connectivity index (χ4n) is 1.22. The van der Waals surface area contributed by atoms with Crippen LogP contribution in [0.5, 0.6) is 0 Å². The van der Waals surface area contributed by atoms with E-state index in [1.54, 1.807) is 11.8 Å². The summed E-state index contributed by atoms with van der Waals surface area (Å²) < 4.78 is 1.15. The van der Waals surface area contributed by atoms with Gasteiger partial charge in [0.2, 0.25) is 0 Å². The fourth-order valence-corrected chi connectivity index (χ4v) is 2.59. The summed E-state index contributed by atoms with van der Waals surface area (Å²) in [5.41, 5.74) is 1.21. The van der Waals surface area contributed by atoms with Crippen LogP contribution in [0.4, 0.5) is 0 Å². The van der Waals surface area contributed by atoms with Gasteiger partial charge in [0, 0.05) is 0 Å². The number of rotatable bonds is 3. The average Bonchev–Trinajstić information content (AvgIpc) is 2.31. The SMILES string of the molecule is [Mn]=[C](Sc1ccccc1)c1ccccc1. The molecule has 2 heteroatoms. The Balaban J connectivity index is 2.12. The Morgan fingerprint density at radius 2 is 1.33 bits per heavy atom. The van der Waals surface area contributed by atoms with E-state index in [9.17, 15) is 0 Å². The first-order valence-corrected chi connectivity index (χ1v) is 6.08. The number of thioether (sulfide) groups is 1. The van der Waals surface area contributed by atoms with Crippen LogP contribution in [0.3, 0.4) is 0 Å². The van der Waals surface area contributed by atoms with Crippen LogP contribution in [-0.4, -0.2) is 3.75 Å². The Morgan fingerprint density at radius 1 is 0.800 bits per heavy atom. The standard InChI is InChI=1S/C13H10S.Mn/c1-3-7-12(8-4-1)11-14-13-9-5-2-6-10-13;/h1-10H;. The quantitative estimate of drug-likeness (QED) is 0.596. The predicted molar refractivity (Wildman–Crippen MR) is 62.9 cm³/mol. The minimum atomic E-state index is 1.15. The van der Waals surface area contributed by atoms with E-state index in [0.717, 1.165) is 3.75 Å². The fraction of sp³-hybridized carbons (Fsp3) is 0. The summed E-state index contributed by atoms with van der Waals surface area (Å²) in [6.45, 7) is 0. The monoisotopic (exact) mass is 253 g/mol. The van der Waals surface area contributed by atoms with Gasteiger partial charge in [-0.25, -0.2) is 0 Å². The van der Waals surface area contributed by atoms with Crippen molar-refractivity contribution in [2.45, 2.75) is 4.90 Å². The van der Waals surface area contributed by atoms with Crippen molar-refractivity contribution < 1.29 is 15.6 Å². The van der Waals surface area contributed by atoms with Crippen molar-refractivity contribution in [1.82, 2.24) is 0 Å². The molecule has 15 heavy (non-hydrogen) atoms. The van der Waals surface area contributed by atoms with E-state index < -0.39 is 0 Å². The van der Waals surface area contributed by atoms with Crippen molar-refractivity contribution >= 4 is 15.5 Å². The third-order valence-electron chi connectivity index (χ3n) is 1.95. The first kappa shape index (κ1) is 10.7. The van der Waals surface area contributed by atoms with Crippen LogP contribution in [0, 0.1) is 0 Å². The third-order valence-corrected chi connectivity index (χ3v) is 3.58. The van der Waals surface area contributed by atoms with E-state index >= 15 is 0 Å². The molecule has 0 spiro atoms. The van der Waals surface area contributed by atoms with Crippen LogP contribution in [0.1, 0.15) is 5.56 Å². The molecule has 0 aliphatic heterocycles. The maximum atomic E-state index is 3.60. The molecule has 0 radical (unpaired) electrons. The molecule has 0 aromatic heterocycles. The summed E-state index contributed by atoms with van der Waals surface area (Å²) in [4.78, 5) is 1.24. The van der Waals surface area contributed by atoms with Gasteiger partial charge in [0.1, 0.15) is 0 Å². The van der Waals surface area contributed by atoms with Gasteiger partial charge in [0.05, 0.1) is 0 Å². The zero-order chi connectivity index (χ0) is 10.5. The molecule has 0 saturated heterocycles. The molecule has 75 valence electrons. The van der Waals surface area contributed by atoms with Gasteiger partial charge in [-0.3, -0.25) is 0 Å². The van der Waals surface area contributed by atoms with E-state index in [0.29, 0.717) is 0 Å². The van der Waals surface area contributed by atoms with E-state index in [-0.39, 0.29) is 0 Å². The van der Waals surface area contributed by atoms with Gasteiger partial charge >= 0.3 is 102 Å². The molecule has 0 aliphatic rings. The summed E-state index contributed by atoms with van der Waals surface area (Å²) in [6, 6.07) is 20.6. The average molecular weight is 253 g/mol. The van der Waals surface area contributed by atoms with Crippen molar-refractivity contribution in [1.29, 1.82) is 0 Å². The van der Waals surface area contributed by atoms with Gasteiger partial charge in [-0.05, 0) is 0 Å². The Bertz CT molecular complexity index is 437. The Hall–Kier alpha value is -0.821. The molecule has 0 amide bonds. The summed E-state index contributed by atoms with van der Waals surface area (Å²) in [5.74, 6) is 0. The van der Waals surface area contributed by atoms with E-state index in [2.05, 4.69) is 39.8 Å². The van der Waals surface area contributed by atoms with Crippen LogP contribution >= 0.6 is 11.8 Å². The molecule has 0 heterocycles. The van der Waals surface area contributed by atoms with Crippen LogP contribution in [0.25, 0.3) is 0 Å². The van der Waals surface area contributed by atoms with Crippen LogP contribution in [-0.2, 0) is 15.6 Å². The van der Waals surface area contributed by atoms with Crippen molar-refractivity contribution in [3.8, 4) is 0 Å². The van der Waals surface area contributed by atoms with Gasteiger partial charge in [0.25, 0.3) is 0 Å². The van der Waals surface area contributed by atoms with Crippen LogP contribution in [0.2, 0.25) is 0 Å². The maximum absolute atomic E-state index is 3.60. The van der Waals surface area contributed by atoms with Gasteiger partial charge < -0.3 is 0 Å². The molecule has 2 aromatic carbocycles. The first-order valence-electron chi connectivity index (χ1n) is 4.67. The second-order valence-corrected chi connectivity index (χ2v) is 5.11. The van der Waals surface area contributed by atoms with Crippen molar-refractivity contribution in [3.63, 3.8) is 0 Å². The number of hydrogen-bond donors (Lipinski definition) is 0. The molecule has 0 N–H and O–H groups in total. The van der Waals surface area contributed by atoms with E-state index in [4.69, 9.17) is 0 Å². The molecule has 0 nitrogen and oxygen atoms in total. The van der Waals surface area contributed by atoms with Crippen molar-refractivity contribution in [2.75, 3.05) is 0 Å². The molecule has 2 aromatic rings. The minimum absolute atomic E-state index is 1.15. The zero-order valence-corrected chi connectivity index (χ0v) is 10.1. The van der Waals surface area contributed by atoms with Gasteiger partial charge in [-0.2, -0.15) is 0 Å². The van der Waals surface area contributed by atoms with Crippen molar-refractivity contribution in [2.24, 2.45) is 0 Å². The number of hydrogen-bond acceptors (Lipinski definition) is 1. The molecule has 0 bridgehead atoms. The molecule has 0 aliphatic carbocycles. The third kappa shape index (κ3) is 3.07. The van der Waals surface area contributed by atoms with Crippen LogP contribution < -0.4 is 0 Å². The number of benzene rings is 2. The second-order valence-electron chi connectivity index (χ2n) is 3.05. The van der Waals surface area contributed by atoms with Gasteiger partial charge in [-0.15, -0.1) is 0 Å². The Labute approximate surface area is 102 Å². The Morgan fingerprint density at radius 3 is 1.93 bits per heavy atom. The van der Waals surface area contributed by atoms with Crippen LogP contribution in [0.15, 0.2) is 65.6 Å². The normalized spacial score (nSPS) is 9.87. The molecular formula is C13H10MnS. The zero-order valence-electron chi connectivity index (χ0n) is 8.06. The van der Waals surface area contributed by atoms with Crippen molar-refractivity contribution in [3.05, 3.63) is 66.2 Å². The molecule has 2 rings (SSSR count). The summed E-state index contributed by atoms with van der Waals surface area (Å²) >= 11 is 5.33. The molecule has 0 fully saturated rings.